The molecule has 0 heterocycles. The number of rotatable bonds is 5. The van der Waals surface area contributed by atoms with Crippen molar-refractivity contribution in [3.8, 4) is 0 Å². The van der Waals surface area contributed by atoms with Gasteiger partial charge in [-0.25, -0.2) is 0 Å². The molecule has 0 aliphatic carbocycles. The molecule has 0 bridgehead atoms. The minimum atomic E-state index is -0.556. The maximum absolute atomic E-state index is 9.84. The summed E-state index contributed by atoms with van der Waals surface area (Å²) < 4.78 is 0. The van der Waals surface area contributed by atoms with E-state index in [1.165, 1.54) is 0 Å². The van der Waals surface area contributed by atoms with Gasteiger partial charge in [0.2, 0.25) is 0 Å². The Morgan fingerprint density at radius 3 is 2.13 bits per heavy atom. The molecule has 0 aliphatic rings. The standard InChI is InChI=1S/C13H20O2/c1-10(2)8-12(14)9-13(15)11-6-4-3-5-7-11/h3-7,10,12-15H,8-9H2,1-2H3/t12-,13-/m0/s1. The Bertz CT molecular complexity index is 269. The van der Waals surface area contributed by atoms with Crippen LogP contribution in [-0.4, -0.2) is 16.3 Å². The van der Waals surface area contributed by atoms with Crippen LogP contribution in [0.1, 0.15) is 38.4 Å². The molecule has 0 saturated carbocycles. The lowest BCUT2D eigenvalue weighted by atomic mass is 9.98. The molecule has 0 amide bonds. The molecular formula is C13H20O2. The summed E-state index contributed by atoms with van der Waals surface area (Å²) in [7, 11) is 0. The summed E-state index contributed by atoms with van der Waals surface area (Å²) in [6, 6.07) is 9.47. The SMILES string of the molecule is CC(C)C[C@H](O)C[C@H](O)c1ccccc1. The van der Waals surface area contributed by atoms with Gasteiger partial charge in [-0.1, -0.05) is 44.2 Å². The third-order valence-corrected chi connectivity index (χ3v) is 2.42. The second-order valence-electron chi connectivity index (χ2n) is 4.45. The highest BCUT2D eigenvalue weighted by molar-refractivity contribution is 5.17. The van der Waals surface area contributed by atoms with Gasteiger partial charge in [-0.3, -0.25) is 0 Å². The fraction of sp³-hybridized carbons (Fsp3) is 0.538. The average Bonchev–Trinajstić information content (AvgIpc) is 2.17. The van der Waals surface area contributed by atoms with Gasteiger partial charge in [0.25, 0.3) is 0 Å². The fourth-order valence-corrected chi connectivity index (χ4v) is 1.71. The van der Waals surface area contributed by atoms with Crippen molar-refractivity contribution >= 4 is 0 Å². The zero-order valence-electron chi connectivity index (χ0n) is 9.43. The first-order chi connectivity index (χ1) is 7.09. The zero-order chi connectivity index (χ0) is 11.3. The lowest BCUT2D eigenvalue weighted by molar-refractivity contribution is 0.0681. The topological polar surface area (TPSA) is 40.5 Å². The van der Waals surface area contributed by atoms with E-state index in [9.17, 15) is 10.2 Å². The van der Waals surface area contributed by atoms with Crippen LogP contribution in [0, 0.1) is 5.92 Å². The molecule has 0 aromatic heterocycles. The second kappa shape index (κ2) is 5.89. The molecule has 0 radical (unpaired) electrons. The second-order valence-corrected chi connectivity index (χ2v) is 4.45. The molecule has 1 rings (SSSR count). The molecule has 0 spiro atoms. The van der Waals surface area contributed by atoms with Crippen molar-refractivity contribution in [3.05, 3.63) is 35.9 Å². The highest BCUT2D eigenvalue weighted by atomic mass is 16.3. The molecule has 0 saturated heterocycles. The first-order valence-corrected chi connectivity index (χ1v) is 5.50. The van der Waals surface area contributed by atoms with E-state index < -0.39 is 12.2 Å². The van der Waals surface area contributed by atoms with E-state index in [1.807, 2.05) is 30.3 Å². The molecule has 2 N–H and O–H groups in total. The highest BCUT2D eigenvalue weighted by Crippen LogP contribution is 2.20. The molecule has 2 nitrogen and oxygen atoms in total. The fourth-order valence-electron chi connectivity index (χ4n) is 1.71. The van der Waals surface area contributed by atoms with Crippen LogP contribution in [0.5, 0.6) is 0 Å². The number of hydrogen-bond acceptors (Lipinski definition) is 2. The normalized spacial score (nSPS) is 15.3. The van der Waals surface area contributed by atoms with Crippen LogP contribution < -0.4 is 0 Å². The van der Waals surface area contributed by atoms with Gasteiger partial charge in [-0.15, -0.1) is 0 Å². The van der Waals surface area contributed by atoms with Gasteiger partial charge in [-0.2, -0.15) is 0 Å². The molecule has 0 fully saturated rings. The van der Waals surface area contributed by atoms with Crippen LogP contribution in [0.3, 0.4) is 0 Å². The Morgan fingerprint density at radius 2 is 1.60 bits per heavy atom. The Labute approximate surface area is 91.6 Å². The van der Waals surface area contributed by atoms with Crippen molar-refractivity contribution in [2.45, 2.75) is 38.9 Å². The molecule has 0 unspecified atom stereocenters. The minimum absolute atomic E-state index is 0.416. The zero-order valence-corrected chi connectivity index (χ0v) is 9.43. The maximum atomic E-state index is 9.84. The molecule has 2 heteroatoms. The molecule has 2 atom stereocenters. The van der Waals surface area contributed by atoms with Crippen molar-refractivity contribution in [2.24, 2.45) is 5.92 Å². The molecule has 0 aliphatic heterocycles. The molecule has 1 aromatic carbocycles. The summed E-state index contributed by atoms with van der Waals surface area (Å²) in [6.45, 7) is 4.14. The van der Waals surface area contributed by atoms with E-state index >= 15 is 0 Å². The van der Waals surface area contributed by atoms with E-state index in [-0.39, 0.29) is 0 Å². The van der Waals surface area contributed by atoms with E-state index in [1.54, 1.807) is 0 Å². The number of aliphatic hydroxyl groups excluding tert-OH is 2. The van der Waals surface area contributed by atoms with E-state index in [2.05, 4.69) is 13.8 Å². The van der Waals surface area contributed by atoms with E-state index in [0.717, 1.165) is 12.0 Å². The lowest BCUT2D eigenvalue weighted by Gasteiger charge is -2.17. The van der Waals surface area contributed by atoms with Crippen molar-refractivity contribution in [1.82, 2.24) is 0 Å². The maximum Gasteiger partial charge on any atom is 0.0814 e. The average molecular weight is 208 g/mol. The van der Waals surface area contributed by atoms with E-state index in [4.69, 9.17) is 0 Å². The third-order valence-electron chi connectivity index (χ3n) is 2.42. The van der Waals surface area contributed by atoms with Gasteiger partial charge in [0.15, 0.2) is 0 Å². The Kier molecular flexibility index (Phi) is 4.79. The van der Waals surface area contributed by atoms with Crippen molar-refractivity contribution < 1.29 is 10.2 Å². The summed E-state index contributed by atoms with van der Waals surface area (Å²) in [5.74, 6) is 0.461. The van der Waals surface area contributed by atoms with Crippen molar-refractivity contribution in [1.29, 1.82) is 0 Å². The van der Waals surface area contributed by atoms with Gasteiger partial charge in [-0.05, 0) is 17.9 Å². The van der Waals surface area contributed by atoms with Crippen LogP contribution in [0.25, 0.3) is 0 Å². The molecule has 84 valence electrons. The predicted molar refractivity (Wildman–Crippen MR) is 61.5 cm³/mol. The predicted octanol–water partition coefficient (Wildman–Crippen LogP) is 2.52. The van der Waals surface area contributed by atoms with Gasteiger partial charge in [0, 0.05) is 6.42 Å². The largest absolute Gasteiger partial charge is 0.393 e. The molecular weight excluding hydrogens is 188 g/mol. The summed E-state index contributed by atoms with van der Waals surface area (Å²) in [6.07, 6.45) is 0.187. The molecule has 1 aromatic rings. The Morgan fingerprint density at radius 1 is 1.00 bits per heavy atom. The number of benzene rings is 1. The monoisotopic (exact) mass is 208 g/mol. The van der Waals surface area contributed by atoms with Gasteiger partial charge >= 0.3 is 0 Å². The van der Waals surface area contributed by atoms with E-state index in [0.29, 0.717) is 12.3 Å². The smallest absolute Gasteiger partial charge is 0.0814 e. The van der Waals surface area contributed by atoms with Gasteiger partial charge in [0.05, 0.1) is 12.2 Å². The lowest BCUT2D eigenvalue weighted by Crippen LogP contribution is -2.14. The Hall–Kier alpha value is -0.860. The van der Waals surface area contributed by atoms with Crippen molar-refractivity contribution in [2.75, 3.05) is 0 Å². The number of aliphatic hydroxyl groups is 2. The highest BCUT2D eigenvalue weighted by Gasteiger charge is 2.14. The third kappa shape index (κ3) is 4.45. The van der Waals surface area contributed by atoms with Crippen LogP contribution in [0.4, 0.5) is 0 Å². The van der Waals surface area contributed by atoms with Gasteiger partial charge < -0.3 is 10.2 Å². The summed E-state index contributed by atoms with van der Waals surface area (Å²) >= 11 is 0. The quantitative estimate of drug-likeness (QED) is 0.780. The van der Waals surface area contributed by atoms with Crippen LogP contribution in [0.2, 0.25) is 0 Å². The molecule has 15 heavy (non-hydrogen) atoms. The summed E-state index contributed by atoms with van der Waals surface area (Å²) in [5, 5.41) is 19.5. The van der Waals surface area contributed by atoms with Crippen LogP contribution in [0.15, 0.2) is 30.3 Å². The first-order valence-electron chi connectivity index (χ1n) is 5.50. The Balaban J connectivity index is 2.45. The first kappa shape index (κ1) is 12.2. The number of hydrogen-bond donors (Lipinski definition) is 2. The summed E-state index contributed by atoms with van der Waals surface area (Å²) in [4.78, 5) is 0. The van der Waals surface area contributed by atoms with Crippen LogP contribution >= 0.6 is 0 Å². The van der Waals surface area contributed by atoms with Gasteiger partial charge in [0.1, 0.15) is 0 Å². The van der Waals surface area contributed by atoms with Crippen LogP contribution in [-0.2, 0) is 0 Å². The minimum Gasteiger partial charge on any atom is -0.393 e. The summed E-state index contributed by atoms with van der Waals surface area (Å²) in [5.41, 5.74) is 0.875. The van der Waals surface area contributed by atoms with Crippen molar-refractivity contribution in [3.63, 3.8) is 0 Å².